The molecule has 0 radical (unpaired) electrons. The van der Waals surface area contributed by atoms with Crippen molar-refractivity contribution in [2.24, 2.45) is 0 Å². The molecular formula is C17H23NO2S. The normalized spacial score (nSPS) is 12.2. The van der Waals surface area contributed by atoms with Crippen LogP contribution in [0.2, 0.25) is 0 Å². The number of ether oxygens (including phenoxy) is 2. The molecule has 0 amide bonds. The number of methoxy groups -OCH3 is 2. The zero-order valence-electron chi connectivity index (χ0n) is 13.1. The highest BCUT2D eigenvalue weighted by Crippen LogP contribution is 2.32. The first kappa shape index (κ1) is 15.9. The number of benzene rings is 1. The molecule has 3 nitrogen and oxygen atoms in total. The highest BCUT2D eigenvalue weighted by Gasteiger charge is 2.18. The predicted molar refractivity (Wildman–Crippen MR) is 88.7 cm³/mol. The van der Waals surface area contributed by atoms with Gasteiger partial charge in [-0.05, 0) is 59.5 Å². The maximum atomic E-state index is 5.39. The molecule has 0 aliphatic carbocycles. The van der Waals surface area contributed by atoms with E-state index < -0.39 is 0 Å². The van der Waals surface area contributed by atoms with Gasteiger partial charge in [0.2, 0.25) is 0 Å². The van der Waals surface area contributed by atoms with E-state index >= 15 is 0 Å². The molecule has 0 aliphatic heterocycles. The van der Waals surface area contributed by atoms with Crippen molar-refractivity contribution in [3.63, 3.8) is 0 Å². The smallest absolute Gasteiger partial charge is 0.122 e. The first-order valence-electron chi connectivity index (χ1n) is 7.18. The number of rotatable bonds is 7. The van der Waals surface area contributed by atoms with Crippen LogP contribution in [0.15, 0.2) is 29.0 Å². The lowest BCUT2D eigenvalue weighted by molar-refractivity contribution is 0.392. The summed E-state index contributed by atoms with van der Waals surface area (Å²) in [5.74, 6) is 1.64. The molecule has 0 saturated heterocycles. The molecule has 0 saturated carbocycles. The Morgan fingerprint density at radius 1 is 1.10 bits per heavy atom. The lowest BCUT2D eigenvalue weighted by Crippen LogP contribution is -2.23. The van der Waals surface area contributed by atoms with Crippen LogP contribution in [0, 0.1) is 6.92 Å². The SMILES string of the molecule is CCCNC(c1cc(OC)cc(OC)c1)c1cscc1C. The van der Waals surface area contributed by atoms with Crippen LogP contribution in [0.4, 0.5) is 0 Å². The molecule has 1 unspecified atom stereocenters. The van der Waals surface area contributed by atoms with Crippen LogP contribution in [-0.2, 0) is 0 Å². The van der Waals surface area contributed by atoms with E-state index in [4.69, 9.17) is 9.47 Å². The minimum absolute atomic E-state index is 0.167. The van der Waals surface area contributed by atoms with Gasteiger partial charge in [-0.1, -0.05) is 6.92 Å². The maximum Gasteiger partial charge on any atom is 0.122 e. The third kappa shape index (κ3) is 3.77. The third-order valence-electron chi connectivity index (χ3n) is 3.51. The number of aryl methyl sites for hydroxylation is 1. The quantitative estimate of drug-likeness (QED) is 0.833. The van der Waals surface area contributed by atoms with Gasteiger partial charge >= 0.3 is 0 Å². The summed E-state index contributed by atoms with van der Waals surface area (Å²) < 4.78 is 10.8. The van der Waals surface area contributed by atoms with E-state index in [2.05, 4.69) is 42.1 Å². The van der Waals surface area contributed by atoms with Gasteiger partial charge < -0.3 is 14.8 Å². The summed E-state index contributed by atoms with van der Waals surface area (Å²) in [6.45, 7) is 5.31. The van der Waals surface area contributed by atoms with Gasteiger partial charge in [-0.15, -0.1) is 0 Å². The average Bonchev–Trinajstić information content (AvgIpc) is 2.93. The van der Waals surface area contributed by atoms with Crippen molar-refractivity contribution >= 4 is 11.3 Å². The van der Waals surface area contributed by atoms with Gasteiger partial charge in [0.05, 0.1) is 20.3 Å². The molecule has 1 aromatic heterocycles. The minimum atomic E-state index is 0.167. The second kappa shape index (κ2) is 7.48. The first-order valence-corrected chi connectivity index (χ1v) is 8.13. The molecule has 2 rings (SSSR count). The van der Waals surface area contributed by atoms with Crippen LogP contribution >= 0.6 is 11.3 Å². The van der Waals surface area contributed by atoms with Gasteiger partial charge in [0.15, 0.2) is 0 Å². The van der Waals surface area contributed by atoms with E-state index in [1.165, 1.54) is 16.7 Å². The third-order valence-corrected chi connectivity index (χ3v) is 4.39. The van der Waals surface area contributed by atoms with E-state index in [0.717, 1.165) is 24.5 Å². The number of thiophene rings is 1. The summed E-state index contributed by atoms with van der Waals surface area (Å²) in [6.07, 6.45) is 1.10. The zero-order valence-corrected chi connectivity index (χ0v) is 13.9. The second-order valence-electron chi connectivity index (χ2n) is 5.04. The zero-order chi connectivity index (χ0) is 15.2. The molecule has 1 N–H and O–H groups in total. The van der Waals surface area contributed by atoms with Crippen LogP contribution in [0.5, 0.6) is 11.5 Å². The van der Waals surface area contributed by atoms with E-state index in [1.54, 1.807) is 25.6 Å². The summed E-state index contributed by atoms with van der Waals surface area (Å²) in [5.41, 5.74) is 3.81. The van der Waals surface area contributed by atoms with E-state index in [-0.39, 0.29) is 6.04 Å². The minimum Gasteiger partial charge on any atom is -0.497 e. The lowest BCUT2D eigenvalue weighted by atomic mass is 9.97. The lowest BCUT2D eigenvalue weighted by Gasteiger charge is -2.21. The van der Waals surface area contributed by atoms with Gasteiger partial charge in [0.25, 0.3) is 0 Å². The number of nitrogens with one attached hydrogen (secondary N) is 1. The Morgan fingerprint density at radius 3 is 2.24 bits per heavy atom. The Hall–Kier alpha value is -1.52. The Morgan fingerprint density at radius 2 is 1.76 bits per heavy atom. The average molecular weight is 305 g/mol. The largest absolute Gasteiger partial charge is 0.497 e. The van der Waals surface area contributed by atoms with Crippen LogP contribution in [0.25, 0.3) is 0 Å². The van der Waals surface area contributed by atoms with Crippen molar-refractivity contribution in [1.29, 1.82) is 0 Å². The molecule has 4 heteroatoms. The van der Waals surface area contributed by atoms with Gasteiger partial charge in [0.1, 0.15) is 11.5 Å². The molecule has 0 spiro atoms. The number of hydrogen-bond acceptors (Lipinski definition) is 4. The Labute approximate surface area is 130 Å². The van der Waals surface area contributed by atoms with Crippen molar-refractivity contribution in [3.8, 4) is 11.5 Å². The molecule has 0 fully saturated rings. The second-order valence-corrected chi connectivity index (χ2v) is 5.79. The maximum absolute atomic E-state index is 5.39. The predicted octanol–water partition coefficient (Wildman–Crippen LogP) is 4.16. The van der Waals surface area contributed by atoms with E-state index in [9.17, 15) is 0 Å². The molecular weight excluding hydrogens is 282 g/mol. The van der Waals surface area contributed by atoms with Crippen molar-refractivity contribution < 1.29 is 9.47 Å². The van der Waals surface area contributed by atoms with Crippen molar-refractivity contribution in [3.05, 3.63) is 45.6 Å². The van der Waals surface area contributed by atoms with Crippen LogP contribution in [0.3, 0.4) is 0 Å². The fraction of sp³-hybridized carbons (Fsp3) is 0.412. The Bertz CT molecular complexity index is 558. The molecule has 1 heterocycles. The summed E-state index contributed by atoms with van der Waals surface area (Å²) in [4.78, 5) is 0. The van der Waals surface area contributed by atoms with Gasteiger partial charge in [-0.2, -0.15) is 11.3 Å². The summed E-state index contributed by atoms with van der Waals surface area (Å²) in [6, 6.07) is 6.22. The van der Waals surface area contributed by atoms with E-state index in [1.807, 2.05) is 6.07 Å². The molecule has 1 aromatic carbocycles. The van der Waals surface area contributed by atoms with Crippen molar-refractivity contribution in [1.82, 2.24) is 5.32 Å². The monoisotopic (exact) mass is 305 g/mol. The summed E-state index contributed by atoms with van der Waals surface area (Å²) >= 11 is 1.74. The Balaban J connectivity index is 2.43. The summed E-state index contributed by atoms with van der Waals surface area (Å²) in [7, 11) is 3.37. The molecule has 1 atom stereocenters. The van der Waals surface area contributed by atoms with Gasteiger partial charge in [0, 0.05) is 6.07 Å². The molecule has 21 heavy (non-hydrogen) atoms. The summed E-state index contributed by atoms with van der Waals surface area (Å²) in [5, 5.41) is 8.03. The fourth-order valence-electron chi connectivity index (χ4n) is 2.36. The van der Waals surface area contributed by atoms with Crippen molar-refractivity contribution in [2.75, 3.05) is 20.8 Å². The van der Waals surface area contributed by atoms with Gasteiger partial charge in [-0.3, -0.25) is 0 Å². The highest BCUT2D eigenvalue weighted by atomic mass is 32.1. The van der Waals surface area contributed by atoms with Crippen LogP contribution in [-0.4, -0.2) is 20.8 Å². The van der Waals surface area contributed by atoms with Gasteiger partial charge in [-0.25, -0.2) is 0 Å². The topological polar surface area (TPSA) is 30.5 Å². The fourth-order valence-corrected chi connectivity index (χ4v) is 3.24. The molecule has 0 aliphatic rings. The first-order chi connectivity index (χ1) is 10.2. The Kier molecular flexibility index (Phi) is 5.65. The molecule has 114 valence electrons. The molecule has 2 aromatic rings. The van der Waals surface area contributed by atoms with Crippen LogP contribution in [0.1, 0.15) is 36.1 Å². The van der Waals surface area contributed by atoms with Crippen molar-refractivity contribution in [2.45, 2.75) is 26.3 Å². The van der Waals surface area contributed by atoms with Crippen LogP contribution < -0.4 is 14.8 Å². The van der Waals surface area contributed by atoms with E-state index in [0.29, 0.717) is 0 Å². The highest BCUT2D eigenvalue weighted by molar-refractivity contribution is 7.08. The standard InChI is InChI=1S/C17H23NO2S/c1-5-6-18-17(16-11-21-10-12(16)2)13-7-14(19-3)9-15(8-13)20-4/h7-11,17-18H,5-6H2,1-4H3. The molecule has 0 bridgehead atoms. The number of hydrogen-bond donors (Lipinski definition) is 1.